The van der Waals surface area contributed by atoms with E-state index >= 15 is 0 Å². The van der Waals surface area contributed by atoms with Crippen LogP contribution in [-0.2, 0) is 9.78 Å². The summed E-state index contributed by atoms with van der Waals surface area (Å²) >= 11 is 0. The van der Waals surface area contributed by atoms with Gasteiger partial charge < -0.3 is 5.11 Å². The summed E-state index contributed by atoms with van der Waals surface area (Å²) in [7, 11) is 0. The predicted octanol–water partition coefficient (Wildman–Crippen LogP) is 2.28. The summed E-state index contributed by atoms with van der Waals surface area (Å²) < 4.78 is 0. The summed E-state index contributed by atoms with van der Waals surface area (Å²) in [5.74, 6) is 0. The van der Waals surface area contributed by atoms with Crippen molar-refractivity contribution in [1.82, 2.24) is 0 Å². The van der Waals surface area contributed by atoms with Gasteiger partial charge in [-0.3, -0.25) is 0 Å². The van der Waals surface area contributed by atoms with Gasteiger partial charge in [-0.25, -0.2) is 9.78 Å². The third-order valence-corrected chi connectivity index (χ3v) is 1.49. The van der Waals surface area contributed by atoms with Gasteiger partial charge in [-0.15, -0.1) is 0 Å². The first-order valence-corrected chi connectivity index (χ1v) is 4.87. The molecule has 0 aromatic rings. The minimum atomic E-state index is -0.339. The van der Waals surface area contributed by atoms with Crippen LogP contribution < -0.4 is 0 Å². The second-order valence-electron chi connectivity index (χ2n) is 4.41. The molecule has 0 bridgehead atoms. The molecule has 0 amide bonds. The highest BCUT2D eigenvalue weighted by Gasteiger charge is 2.17. The van der Waals surface area contributed by atoms with E-state index in [1.54, 1.807) is 6.92 Å². The molecule has 0 aromatic heterocycles. The highest BCUT2D eigenvalue weighted by molar-refractivity contribution is 4.59. The van der Waals surface area contributed by atoms with Crippen molar-refractivity contribution in [2.24, 2.45) is 0 Å². The molecule has 0 aromatic carbocycles. The standard InChI is InChI=1S/C10H22O3/c1-6-9(7-8(2)11)12-13-10(3,4)5/h8-9,11H,6-7H2,1-5H3. The van der Waals surface area contributed by atoms with Crippen LogP contribution in [0.5, 0.6) is 0 Å². The Kier molecular flexibility index (Phi) is 5.53. The maximum Gasteiger partial charge on any atom is 0.0952 e. The van der Waals surface area contributed by atoms with Crippen molar-refractivity contribution in [3.05, 3.63) is 0 Å². The molecule has 2 atom stereocenters. The van der Waals surface area contributed by atoms with Gasteiger partial charge in [0.15, 0.2) is 0 Å². The Morgan fingerprint density at radius 3 is 2.15 bits per heavy atom. The second kappa shape index (κ2) is 5.58. The van der Waals surface area contributed by atoms with Crippen LogP contribution in [-0.4, -0.2) is 22.9 Å². The smallest absolute Gasteiger partial charge is 0.0952 e. The second-order valence-corrected chi connectivity index (χ2v) is 4.41. The number of hydrogen-bond donors (Lipinski definition) is 1. The van der Waals surface area contributed by atoms with Gasteiger partial charge in [0.25, 0.3) is 0 Å². The molecule has 0 aliphatic carbocycles. The Labute approximate surface area is 81.0 Å². The van der Waals surface area contributed by atoms with Crippen LogP contribution in [0.2, 0.25) is 0 Å². The summed E-state index contributed by atoms with van der Waals surface area (Å²) in [6.45, 7) is 9.56. The van der Waals surface area contributed by atoms with Crippen LogP contribution in [0.3, 0.4) is 0 Å². The zero-order chi connectivity index (χ0) is 10.5. The van der Waals surface area contributed by atoms with Crippen LogP contribution in [0.25, 0.3) is 0 Å². The monoisotopic (exact) mass is 190 g/mol. The van der Waals surface area contributed by atoms with Gasteiger partial charge in [0.1, 0.15) is 0 Å². The molecule has 1 N–H and O–H groups in total. The van der Waals surface area contributed by atoms with Gasteiger partial charge in [0.2, 0.25) is 0 Å². The molecule has 0 heterocycles. The Morgan fingerprint density at radius 1 is 1.31 bits per heavy atom. The lowest BCUT2D eigenvalue weighted by molar-refractivity contribution is -0.375. The minimum Gasteiger partial charge on any atom is -0.393 e. The maximum absolute atomic E-state index is 9.15. The largest absolute Gasteiger partial charge is 0.393 e. The van der Waals surface area contributed by atoms with Crippen LogP contribution in [0.4, 0.5) is 0 Å². The van der Waals surface area contributed by atoms with Crippen molar-refractivity contribution in [3.8, 4) is 0 Å². The van der Waals surface area contributed by atoms with Gasteiger partial charge in [-0.2, -0.15) is 0 Å². The quantitative estimate of drug-likeness (QED) is 0.534. The molecule has 0 fully saturated rings. The summed E-state index contributed by atoms with van der Waals surface area (Å²) in [6.07, 6.45) is 1.11. The third-order valence-electron chi connectivity index (χ3n) is 1.49. The van der Waals surface area contributed by atoms with Crippen LogP contribution in [0, 0.1) is 0 Å². The van der Waals surface area contributed by atoms with E-state index < -0.39 is 0 Å². The van der Waals surface area contributed by atoms with Crippen LogP contribution >= 0.6 is 0 Å². The number of aliphatic hydroxyl groups excluding tert-OH is 1. The van der Waals surface area contributed by atoms with Crippen molar-refractivity contribution in [2.75, 3.05) is 0 Å². The van der Waals surface area contributed by atoms with Crippen molar-refractivity contribution in [2.45, 2.75) is 65.3 Å². The third kappa shape index (κ3) is 8.22. The molecule has 0 radical (unpaired) electrons. The molecule has 0 saturated heterocycles. The van der Waals surface area contributed by atoms with E-state index in [0.717, 1.165) is 6.42 Å². The average Bonchev–Trinajstić information content (AvgIpc) is 1.95. The van der Waals surface area contributed by atoms with Crippen molar-refractivity contribution < 1.29 is 14.9 Å². The Hall–Kier alpha value is -0.120. The first-order valence-electron chi connectivity index (χ1n) is 4.87. The first-order chi connectivity index (χ1) is 5.85. The van der Waals surface area contributed by atoms with E-state index in [2.05, 4.69) is 0 Å². The van der Waals surface area contributed by atoms with Crippen LogP contribution in [0.1, 0.15) is 47.5 Å². The molecular formula is C10H22O3. The lowest BCUT2D eigenvalue weighted by atomic mass is 10.1. The van der Waals surface area contributed by atoms with Crippen LogP contribution in [0.15, 0.2) is 0 Å². The molecule has 13 heavy (non-hydrogen) atoms. The Balaban J connectivity index is 3.72. The topological polar surface area (TPSA) is 38.7 Å². The van der Waals surface area contributed by atoms with E-state index in [4.69, 9.17) is 14.9 Å². The van der Waals surface area contributed by atoms with Crippen molar-refractivity contribution in [1.29, 1.82) is 0 Å². The maximum atomic E-state index is 9.15. The lowest BCUT2D eigenvalue weighted by Gasteiger charge is -2.23. The van der Waals surface area contributed by atoms with E-state index in [1.165, 1.54) is 0 Å². The lowest BCUT2D eigenvalue weighted by Crippen LogP contribution is -2.26. The summed E-state index contributed by atoms with van der Waals surface area (Å²) in [5.41, 5.74) is -0.286. The van der Waals surface area contributed by atoms with Crippen molar-refractivity contribution >= 4 is 0 Å². The molecular weight excluding hydrogens is 168 g/mol. The fraction of sp³-hybridized carbons (Fsp3) is 1.00. The first kappa shape index (κ1) is 12.9. The van der Waals surface area contributed by atoms with E-state index in [9.17, 15) is 0 Å². The zero-order valence-corrected chi connectivity index (χ0v) is 9.33. The van der Waals surface area contributed by atoms with Gasteiger partial charge in [0.05, 0.1) is 17.8 Å². The SMILES string of the molecule is CCC(CC(C)O)OOC(C)(C)C. The molecule has 0 saturated carbocycles. The minimum absolute atomic E-state index is 0.0146. The molecule has 80 valence electrons. The molecule has 0 spiro atoms. The molecule has 0 aliphatic heterocycles. The van der Waals surface area contributed by atoms with E-state index in [0.29, 0.717) is 6.42 Å². The fourth-order valence-corrected chi connectivity index (χ4v) is 0.867. The average molecular weight is 190 g/mol. The Bertz CT molecular complexity index is 127. The molecule has 0 rings (SSSR count). The highest BCUT2D eigenvalue weighted by atomic mass is 17.2. The number of hydrogen-bond acceptors (Lipinski definition) is 3. The van der Waals surface area contributed by atoms with Gasteiger partial charge >= 0.3 is 0 Å². The summed E-state index contributed by atoms with van der Waals surface area (Å²) in [6, 6.07) is 0. The Morgan fingerprint density at radius 2 is 1.85 bits per heavy atom. The summed E-state index contributed by atoms with van der Waals surface area (Å²) in [4.78, 5) is 10.4. The molecule has 3 nitrogen and oxygen atoms in total. The summed E-state index contributed by atoms with van der Waals surface area (Å²) in [5, 5.41) is 9.15. The van der Waals surface area contributed by atoms with E-state index in [-0.39, 0.29) is 17.8 Å². The number of aliphatic hydroxyl groups is 1. The normalized spacial score (nSPS) is 17.1. The highest BCUT2D eigenvalue weighted by Crippen LogP contribution is 2.13. The predicted molar refractivity (Wildman–Crippen MR) is 52.3 cm³/mol. The fourth-order valence-electron chi connectivity index (χ4n) is 0.867. The number of rotatable bonds is 5. The van der Waals surface area contributed by atoms with Gasteiger partial charge in [0, 0.05) is 6.42 Å². The van der Waals surface area contributed by atoms with Gasteiger partial charge in [-0.05, 0) is 34.1 Å². The molecule has 0 aliphatic rings. The molecule has 3 heteroatoms. The zero-order valence-electron chi connectivity index (χ0n) is 9.33. The van der Waals surface area contributed by atoms with Crippen molar-refractivity contribution in [3.63, 3.8) is 0 Å². The van der Waals surface area contributed by atoms with Gasteiger partial charge in [-0.1, -0.05) is 6.92 Å². The van der Waals surface area contributed by atoms with E-state index in [1.807, 2.05) is 27.7 Å². The molecule has 2 unspecified atom stereocenters.